The summed E-state index contributed by atoms with van der Waals surface area (Å²) in [5.41, 5.74) is 1.85. The van der Waals surface area contributed by atoms with Gasteiger partial charge in [0.15, 0.2) is 0 Å². The molecule has 0 aromatic heterocycles. The Bertz CT molecular complexity index is 523. The topological polar surface area (TPSA) is 58.2 Å². The Labute approximate surface area is 123 Å². The summed E-state index contributed by atoms with van der Waals surface area (Å²) in [6, 6.07) is 5.66. The summed E-state index contributed by atoms with van der Waals surface area (Å²) in [6.07, 6.45) is 2.31. The molecular weight excluding hydrogens is 272 g/mol. The van der Waals surface area contributed by atoms with Crippen molar-refractivity contribution >= 4 is 10.0 Å². The second kappa shape index (κ2) is 7.76. The number of hydrogen-bond acceptors (Lipinski definition) is 3. The first-order chi connectivity index (χ1) is 9.48. The van der Waals surface area contributed by atoms with Gasteiger partial charge in [-0.1, -0.05) is 32.9 Å². The average Bonchev–Trinajstić information content (AvgIpc) is 2.45. The van der Waals surface area contributed by atoms with Crippen molar-refractivity contribution in [3.63, 3.8) is 0 Å². The van der Waals surface area contributed by atoms with Crippen LogP contribution in [0.5, 0.6) is 0 Å². The zero-order chi connectivity index (χ0) is 15.2. The van der Waals surface area contributed by atoms with E-state index in [1.54, 1.807) is 6.07 Å². The molecule has 0 aliphatic heterocycles. The van der Waals surface area contributed by atoms with Crippen LogP contribution in [-0.2, 0) is 23.0 Å². The highest BCUT2D eigenvalue weighted by atomic mass is 32.2. The first-order valence-electron chi connectivity index (χ1n) is 7.27. The van der Waals surface area contributed by atoms with Gasteiger partial charge in [-0.05, 0) is 43.5 Å². The molecule has 0 atom stereocenters. The second-order valence-corrected chi connectivity index (χ2v) is 6.64. The molecule has 0 aliphatic rings. The third kappa shape index (κ3) is 4.30. The summed E-state index contributed by atoms with van der Waals surface area (Å²) in [5.74, 6) is 0. The van der Waals surface area contributed by atoms with E-state index in [1.165, 1.54) is 0 Å². The van der Waals surface area contributed by atoms with Gasteiger partial charge in [0.25, 0.3) is 0 Å². The molecule has 0 aliphatic carbocycles. The summed E-state index contributed by atoms with van der Waals surface area (Å²) >= 11 is 0. The molecule has 1 rings (SSSR count). The van der Waals surface area contributed by atoms with Crippen LogP contribution >= 0.6 is 0 Å². The van der Waals surface area contributed by atoms with Crippen molar-refractivity contribution in [2.45, 2.75) is 57.5 Å². The molecule has 0 unspecified atom stereocenters. The lowest BCUT2D eigenvalue weighted by Crippen LogP contribution is -2.34. The van der Waals surface area contributed by atoms with Crippen LogP contribution in [0.1, 0.15) is 44.7 Å². The Hall–Kier alpha value is -0.910. The number of aryl methyl sites for hydroxylation is 1. The largest absolute Gasteiger partial charge is 0.316 e. The van der Waals surface area contributed by atoms with Gasteiger partial charge < -0.3 is 5.32 Å². The maximum atomic E-state index is 12.6. The minimum atomic E-state index is -3.45. The molecule has 0 radical (unpaired) electrons. The van der Waals surface area contributed by atoms with Gasteiger partial charge in [0, 0.05) is 12.6 Å². The fraction of sp³-hybridized carbons (Fsp3) is 0.600. The molecule has 4 nitrogen and oxygen atoms in total. The van der Waals surface area contributed by atoms with Crippen LogP contribution in [-0.4, -0.2) is 21.5 Å². The van der Waals surface area contributed by atoms with Gasteiger partial charge in [-0.25, -0.2) is 13.1 Å². The molecule has 0 fully saturated rings. The molecule has 0 heterocycles. The van der Waals surface area contributed by atoms with Gasteiger partial charge in [-0.15, -0.1) is 0 Å². The van der Waals surface area contributed by atoms with Gasteiger partial charge in [0.05, 0.1) is 4.90 Å². The van der Waals surface area contributed by atoms with Gasteiger partial charge in [-0.2, -0.15) is 0 Å². The minimum absolute atomic E-state index is 0.00216. The fourth-order valence-electron chi connectivity index (χ4n) is 2.19. The molecule has 0 bridgehead atoms. The summed E-state index contributed by atoms with van der Waals surface area (Å²) in [7, 11) is -1.59. The fourth-order valence-corrected chi connectivity index (χ4v) is 3.96. The van der Waals surface area contributed by atoms with E-state index in [0.29, 0.717) is 17.9 Å². The van der Waals surface area contributed by atoms with E-state index in [1.807, 2.05) is 40.0 Å². The van der Waals surface area contributed by atoms with Crippen LogP contribution in [0.4, 0.5) is 0 Å². The molecule has 5 heteroatoms. The van der Waals surface area contributed by atoms with Crippen molar-refractivity contribution in [2.75, 3.05) is 7.05 Å². The van der Waals surface area contributed by atoms with Gasteiger partial charge in [-0.3, -0.25) is 0 Å². The molecule has 2 N–H and O–H groups in total. The van der Waals surface area contributed by atoms with Gasteiger partial charge in [0.1, 0.15) is 0 Å². The predicted molar refractivity (Wildman–Crippen MR) is 83.3 cm³/mol. The van der Waals surface area contributed by atoms with Crippen LogP contribution in [0.2, 0.25) is 0 Å². The number of hydrogen-bond donors (Lipinski definition) is 2. The first kappa shape index (κ1) is 17.1. The zero-order valence-electron chi connectivity index (χ0n) is 12.9. The van der Waals surface area contributed by atoms with Crippen molar-refractivity contribution in [1.82, 2.24) is 10.0 Å². The SMILES string of the molecule is CCc1ccc(CNC)cc1S(=O)(=O)NC(CC)CC. The molecule has 1 aromatic rings. The van der Waals surface area contributed by atoms with Crippen LogP contribution in [0.25, 0.3) is 0 Å². The normalized spacial score (nSPS) is 12.1. The Balaban J connectivity index is 3.17. The highest BCUT2D eigenvalue weighted by molar-refractivity contribution is 7.89. The van der Waals surface area contributed by atoms with E-state index in [2.05, 4.69) is 10.0 Å². The summed E-state index contributed by atoms with van der Waals surface area (Å²) in [5, 5.41) is 3.05. The van der Waals surface area contributed by atoms with Crippen LogP contribution < -0.4 is 10.0 Å². The van der Waals surface area contributed by atoms with Crippen molar-refractivity contribution in [3.05, 3.63) is 29.3 Å². The Morgan fingerprint density at radius 1 is 1.15 bits per heavy atom. The number of sulfonamides is 1. The highest BCUT2D eigenvalue weighted by Crippen LogP contribution is 2.19. The number of benzene rings is 1. The average molecular weight is 298 g/mol. The molecule has 0 spiro atoms. The zero-order valence-corrected chi connectivity index (χ0v) is 13.7. The standard InChI is InChI=1S/C15H26N2O2S/c1-5-13-9-8-12(11-16-4)10-15(13)20(18,19)17-14(6-2)7-3/h8-10,14,16-17H,5-7,11H2,1-4H3. The molecule has 0 saturated heterocycles. The van der Waals surface area contributed by atoms with E-state index in [0.717, 1.165) is 24.0 Å². The quantitative estimate of drug-likeness (QED) is 0.775. The van der Waals surface area contributed by atoms with Crippen molar-refractivity contribution in [2.24, 2.45) is 0 Å². The molecule has 20 heavy (non-hydrogen) atoms. The van der Waals surface area contributed by atoms with E-state index in [-0.39, 0.29) is 6.04 Å². The molecule has 0 amide bonds. The molecule has 1 aromatic carbocycles. The summed E-state index contributed by atoms with van der Waals surface area (Å²) < 4.78 is 27.9. The maximum Gasteiger partial charge on any atom is 0.241 e. The first-order valence-corrected chi connectivity index (χ1v) is 8.75. The lowest BCUT2D eigenvalue weighted by molar-refractivity contribution is 0.529. The summed E-state index contributed by atoms with van der Waals surface area (Å²) in [4.78, 5) is 0.416. The van der Waals surface area contributed by atoms with Gasteiger partial charge >= 0.3 is 0 Å². The minimum Gasteiger partial charge on any atom is -0.316 e. The predicted octanol–water partition coefficient (Wildman–Crippen LogP) is 2.44. The number of nitrogens with one attached hydrogen (secondary N) is 2. The van der Waals surface area contributed by atoms with Gasteiger partial charge in [0.2, 0.25) is 10.0 Å². The third-order valence-electron chi connectivity index (χ3n) is 3.49. The van der Waals surface area contributed by atoms with Crippen LogP contribution in [0, 0.1) is 0 Å². The van der Waals surface area contributed by atoms with Crippen molar-refractivity contribution in [3.8, 4) is 0 Å². The van der Waals surface area contributed by atoms with E-state index in [4.69, 9.17) is 0 Å². The Morgan fingerprint density at radius 2 is 1.80 bits per heavy atom. The number of rotatable bonds is 8. The second-order valence-electron chi connectivity index (χ2n) is 4.96. The lowest BCUT2D eigenvalue weighted by atomic mass is 10.1. The van der Waals surface area contributed by atoms with E-state index in [9.17, 15) is 8.42 Å². The Kier molecular flexibility index (Phi) is 6.65. The monoisotopic (exact) mass is 298 g/mol. The highest BCUT2D eigenvalue weighted by Gasteiger charge is 2.21. The van der Waals surface area contributed by atoms with Crippen molar-refractivity contribution < 1.29 is 8.42 Å². The van der Waals surface area contributed by atoms with Crippen LogP contribution in [0.15, 0.2) is 23.1 Å². The van der Waals surface area contributed by atoms with E-state index < -0.39 is 10.0 Å². The van der Waals surface area contributed by atoms with Crippen molar-refractivity contribution in [1.29, 1.82) is 0 Å². The molecule has 0 saturated carbocycles. The smallest absolute Gasteiger partial charge is 0.241 e. The maximum absolute atomic E-state index is 12.6. The lowest BCUT2D eigenvalue weighted by Gasteiger charge is -2.17. The van der Waals surface area contributed by atoms with E-state index >= 15 is 0 Å². The third-order valence-corrected chi connectivity index (χ3v) is 5.09. The Morgan fingerprint density at radius 3 is 2.30 bits per heavy atom. The van der Waals surface area contributed by atoms with Crippen LogP contribution in [0.3, 0.4) is 0 Å². The summed E-state index contributed by atoms with van der Waals surface area (Å²) in [6.45, 7) is 6.63. The molecule has 114 valence electrons. The molecular formula is C15H26N2O2S.